The Kier molecular flexibility index (Phi) is 4.98. The maximum Gasteiger partial charge on any atom is 0.150 e. The highest BCUT2D eigenvalue weighted by atomic mass is 32.2. The number of rotatable bonds is 6. The van der Waals surface area contributed by atoms with Gasteiger partial charge in [-0.25, -0.2) is 8.42 Å². The standard InChI is InChI=1S/C12H25NO3S/c1-12(2,16-3)6-4-10(8-13)11-5-7-17(14,15)9-11/h10-11H,4-9,13H2,1-3H3. The molecule has 1 fully saturated rings. The van der Waals surface area contributed by atoms with Crippen molar-refractivity contribution in [3.63, 3.8) is 0 Å². The molecular weight excluding hydrogens is 238 g/mol. The van der Waals surface area contributed by atoms with Crippen molar-refractivity contribution in [2.75, 3.05) is 25.2 Å². The number of sulfone groups is 1. The lowest BCUT2D eigenvalue weighted by Gasteiger charge is -2.27. The monoisotopic (exact) mass is 263 g/mol. The molecule has 4 nitrogen and oxygen atoms in total. The van der Waals surface area contributed by atoms with Crippen molar-refractivity contribution in [1.29, 1.82) is 0 Å². The average Bonchev–Trinajstić information content (AvgIpc) is 2.60. The minimum atomic E-state index is -2.80. The highest BCUT2D eigenvalue weighted by Gasteiger charge is 2.33. The highest BCUT2D eigenvalue weighted by Crippen LogP contribution is 2.30. The van der Waals surface area contributed by atoms with Gasteiger partial charge in [-0.1, -0.05) is 0 Å². The van der Waals surface area contributed by atoms with Gasteiger partial charge in [-0.2, -0.15) is 0 Å². The first-order valence-electron chi connectivity index (χ1n) is 6.25. The summed E-state index contributed by atoms with van der Waals surface area (Å²) >= 11 is 0. The summed E-state index contributed by atoms with van der Waals surface area (Å²) in [5.41, 5.74) is 5.63. The minimum Gasteiger partial charge on any atom is -0.379 e. The van der Waals surface area contributed by atoms with Crippen molar-refractivity contribution in [1.82, 2.24) is 0 Å². The van der Waals surface area contributed by atoms with Gasteiger partial charge in [-0.15, -0.1) is 0 Å². The molecular formula is C12H25NO3S. The van der Waals surface area contributed by atoms with E-state index >= 15 is 0 Å². The van der Waals surface area contributed by atoms with Crippen LogP contribution in [0, 0.1) is 11.8 Å². The lowest BCUT2D eigenvalue weighted by atomic mass is 9.85. The molecule has 1 heterocycles. The molecule has 102 valence electrons. The number of hydrogen-bond acceptors (Lipinski definition) is 4. The highest BCUT2D eigenvalue weighted by molar-refractivity contribution is 7.91. The third-order valence-electron chi connectivity index (χ3n) is 3.91. The van der Waals surface area contributed by atoms with Gasteiger partial charge in [0, 0.05) is 7.11 Å². The van der Waals surface area contributed by atoms with E-state index < -0.39 is 9.84 Å². The molecule has 0 bridgehead atoms. The molecule has 1 aliphatic rings. The van der Waals surface area contributed by atoms with Gasteiger partial charge in [-0.05, 0) is 51.5 Å². The van der Waals surface area contributed by atoms with E-state index in [1.807, 2.05) is 13.8 Å². The lowest BCUT2D eigenvalue weighted by Crippen LogP contribution is -2.29. The molecule has 0 aromatic carbocycles. The average molecular weight is 263 g/mol. The van der Waals surface area contributed by atoms with Crippen LogP contribution in [0.15, 0.2) is 0 Å². The Morgan fingerprint density at radius 3 is 2.53 bits per heavy atom. The summed E-state index contributed by atoms with van der Waals surface area (Å²) in [5.74, 6) is 1.21. The fraction of sp³-hybridized carbons (Fsp3) is 1.00. The van der Waals surface area contributed by atoms with Crippen LogP contribution in [0.2, 0.25) is 0 Å². The van der Waals surface area contributed by atoms with Crippen LogP contribution >= 0.6 is 0 Å². The Morgan fingerprint density at radius 2 is 2.12 bits per heavy atom. The second-order valence-electron chi connectivity index (χ2n) is 5.66. The van der Waals surface area contributed by atoms with Crippen LogP contribution < -0.4 is 5.73 Å². The van der Waals surface area contributed by atoms with Gasteiger partial charge in [-0.3, -0.25) is 0 Å². The molecule has 0 spiro atoms. The molecule has 0 saturated carbocycles. The second-order valence-corrected chi connectivity index (χ2v) is 7.89. The van der Waals surface area contributed by atoms with Crippen molar-refractivity contribution in [3.8, 4) is 0 Å². The Labute approximate surface area is 105 Å². The summed E-state index contributed by atoms with van der Waals surface area (Å²) in [4.78, 5) is 0. The molecule has 1 rings (SSSR count). The van der Waals surface area contributed by atoms with Crippen LogP contribution in [-0.2, 0) is 14.6 Å². The zero-order valence-electron chi connectivity index (χ0n) is 11.1. The molecule has 0 aromatic heterocycles. The first-order chi connectivity index (χ1) is 7.79. The molecule has 0 aliphatic carbocycles. The minimum absolute atomic E-state index is 0.148. The van der Waals surface area contributed by atoms with Crippen LogP contribution in [0.5, 0.6) is 0 Å². The van der Waals surface area contributed by atoms with Gasteiger partial charge in [0.1, 0.15) is 0 Å². The zero-order chi connectivity index (χ0) is 13.1. The van der Waals surface area contributed by atoms with Crippen LogP contribution in [0.1, 0.15) is 33.1 Å². The normalized spacial score (nSPS) is 26.0. The van der Waals surface area contributed by atoms with Crippen LogP contribution in [0.25, 0.3) is 0 Å². The predicted molar refractivity (Wildman–Crippen MR) is 69.6 cm³/mol. The summed E-state index contributed by atoms with van der Waals surface area (Å²) in [7, 11) is -1.09. The third-order valence-corrected chi connectivity index (χ3v) is 5.70. The first-order valence-corrected chi connectivity index (χ1v) is 8.07. The maximum absolute atomic E-state index is 11.5. The SMILES string of the molecule is COC(C)(C)CCC(CN)C1CCS(=O)(=O)C1. The second kappa shape index (κ2) is 5.67. The Morgan fingerprint density at radius 1 is 1.47 bits per heavy atom. The summed E-state index contributed by atoms with van der Waals surface area (Å²) in [6.07, 6.45) is 2.64. The summed E-state index contributed by atoms with van der Waals surface area (Å²) in [6, 6.07) is 0. The fourth-order valence-corrected chi connectivity index (χ4v) is 4.30. The van der Waals surface area contributed by atoms with Gasteiger partial charge < -0.3 is 10.5 Å². The lowest BCUT2D eigenvalue weighted by molar-refractivity contribution is 0.00895. The summed E-state index contributed by atoms with van der Waals surface area (Å²) < 4.78 is 28.3. The molecule has 1 saturated heterocycles. The number of methoxy groups -OCH3 is 1. The molecule has 2 N–H and O–H groups in total. The quantitative estimate of drug-likeness (QED) is 0.782. The van der Waals surface area contributed by atoms with Crippen molar-refractivity contribution >= 4 is 9.84 Å². The van der Waals surface area contributed by atoms with Crippen LogP contribution in [0.4, 0.5) is 0 Å². The Bertz CT molecular complexity index is 338. The number of ether oxygens (including phenoxy) is 1. The Hall–Kier alpha value is -0.130. The van der Waals surface area contributed by atoms with Gasteiger partial charge in [0.15, 0.2) is 9.84 Å². The van der Waals surface area contributed by atoms with E-state index in [0.29, 0.717) is 24.0 Å². The molecule has 0 radical (unpaired) electrons. The third kappa shape index (κ3) is 4.56. The van der Waals surface area contributed by atoms with Gasteiger partial charge in [0.25, 0.3) is 0 Å². The smallest absolute Gasteiger partial charge is 0.150 e. The molecule has 0 amide bonds. The number of nitrogens with two attached hydrogens (primary N) is 1. The predicted octanol–water partition coefficient (Wildman–Crippen LogP) is 1.20. The molecule has 1 aliphatic heterocycles. The van der Waals surface area contributed by atoms with Gasteiger partial charge in [0.2, 0.25) is 0 Å². The van der Waals surface area contributed by atoms with E-state index in [-0.39, 0.29) is 11.5 Å². The van der Waals surface area contributed by atoms with Crippen molar-refractivity contribution in [2.45, 2.75) is 38.7 Å². The van der Waals surface area contributed by atoms with E-state index in [9.17, 15) is 8.42 Å². The Balaban J connectivity index is 2.50. The molecule has 5 heteroatoms. The van der Waals surface area contributed by atoms with Crippen molar-refractivity contribution < 1.29 is 13.2 Å². The van der Waals surface area contributed by atoms with Crippen molar-refractivity contribution in [3.05, 3.63) is 0 Å². The van der Waals surface area contributed by atoms with E-state index in [1.165, 1.54) is 0 Å². The van der Waals surface area contributed by atoms with Crippen LogP contribution in [-0.4, -0.2) is 39.2 Å². The van der Waals surface area contributed by atoms with E-state index in [2.05, 4.69) is 0 Å². The largest absolute Gasteiger partial charge is 0.379 e. The molecule has 2 unspecified atom stereocenters. The molecule has 0 aromatic rings. The topological polar surface area (TPSA) is 69.4 Å². The fourth-order valence-electron chi connectivity index (χ4n) is 2.38. The van der Waals surface area contributed by atoms with Crippen LogP contribution in [0.3, 0.4) is 0 Å². The van der Waals surface area contributed by atoms with Gasteiger partial charge in [0.05, 0.1) is 17.1 Å². The summed E-state index contributed by atoms with van der Waals surface area (Å²) in [6.45, 7) is 4.66. The van der Waals surface area contributed by atoms with Gasteiger partial charge >= 0.3 is 0 Å². The van der Waals surface area contributed by atoms with E-state index in [0.717, 1.165) is 19.3 Å². The zero-order valence-corrected chi connectivity index (χ0v) is 11.9. The number of hydrogen-bond donors (Lipinski definition) is 1. The van der Waals surface area contributed by atoms with E-state index in [1.54, 1.807) is 7.11 Å². The molecule has 17 heavy (non-hydrogen) atoms. The van der Waals surface area contributed by atoms with Crippen molar-refractivity contribution in [2.24, 2.45) is 17.6 Å². The van der Waals surface area contributed by atoms with E-state index in [4.69, 9.17) is 10.5 Å². The molecule has 2 atom stereocenters. The summed E-state index contributed by atoms with van der Waals surface area (Å²) in [5, 5.41) is 0. The first kappa shape index (κ1) is 14.9. The maximum atomic E-state index is 11.5.